The maximum absolute atomic E-state index is 2.38. The quantitative estimate of drug-likeness (QED) is 0.473. The Morgan fingerprint density at radius 3 is 2.46 bits per heavy atom. The highest BCUT2D eigenvalue weighted by Crippen LogP contribution is 2.30. The van der Waals surface area contributed by atoms with Gasteiger partial charge in [0.2, 0.25) is 0 Å². The van der Waals surface area contributed by atoms with E-state index in [0.717, 1.165) is 10.9 Å². The summed E-state index contributed by atoms with van der Waals surface area (Å²) >= 11 is 0. The molecule has 0 spiro atoms. The first-order valence-electron chi connectivity index (χ1n) is 5.13. The molecule has 0 radical (unpaired) electrons. The van der Waals surface area contributed by atoms with Gasteiger partial charge in [0, 0.05) is 6.42 Å². The first-order chi connectivity index (χ1) is 5.92. The highest BCUT2D eigenvalue weighted by atomic mass is 28.1. The van der Waals surface area contributed by atoms with E-state index in [1.165, 1.54) is 16.8 Å². The third-order valence-electron chi connectivity index (χ3n) is 3.50. The van der Waals surface area contributed by atoms with Gasteiger partial charge in [0.1, 0.15) is 5.70 Å². The Bertz CT molecular complexity index is 247. The monoisotopic (exact) mass is 196 g/mol. The van der Waals surface area contributed by atoms with Crippen molar-refractivity contribution in [3.63, 3.8) is 0 Å². The van der Waals surface area contributed by atoms with E-state index in [-0.39, 0.29) is 0 Å². The van der Waals surface area contributed by atoms with Gasteiger partial charge < -0.3 is 0 Å². The molecule has 1 unspecified atom stereocenters. The van der Waals surface area contributed by atoms with Gasteiger partial charge >= 0.3 is 0 Å². The van der Waals surface area contributed by atoms with Crippen molar-refractivity contribution in [3.05, 3.63) is 23.9 Å². The molecule has 0 aromatic carbocycles. The number of rotatable bonds is 3. The van der Waals surface area contributed by atoms with Crippen LogP contribution in [-0.4, -0.2) is 33.5 Å². The minimum absolute atomic E-state index is 0.437. The molecule has 0 aromatic rings. The second-order valence-corrected chi connectivity index (χ2v) is 7.42. The first-order valence-corrected chi connectivity index (χ1v) is 6.13. The van der Waals surface area contributed by atoms with E-state index in [9.17, 15) is 0 Å². The third kappa shape index (κ3) is 1.79. The summed E-state index contributed by atoms with van der Waals surface area (Å²) in [5.74, 6) is 0. The maximum atomic E-state index is 2.38. The van der Waals surface area contributed by atoms with Crippen LogP contribution < -0.4 is 0 Å². The van der Waals surface area contributed by atoms with Gasteiger partial charge in [-0.2, -0.15) is 0 Å². The van der Waals surface area contributed by atoms with Crippen LogP contribution in [0.15, 0.2) is 23.9 Å². The lowest BCUT2D eigenvalue weighted by molar-refractivity contribution is -0.905. The highest BCUT2D eigenvalue weighted by molar-refractivity contribution is 6.13. The molecule has 1 atom stereocenters. The highest BCUT2D eigenvalue weighted by Gasteiger charge is 2.37. The van der Waals surface area contributed by atoms with Crippen LogP contribution in [0.5, 0.6) is 0 Å². The van der Waals surface area contributed by atoms with Crippen LogP contribution in [-0.2, 0) is 0 Å². The van der Waals surface area contributed by atoms with E-state index in [1.807, 2.05) is 0 Å². The van der Waals surface area contributed by atoms with Crippen molar-refractivity contribution in [1.29, 1.82) is 0 Å². The molecule has 0 saturated heterocycles. The van der Waals surface area contributed by atoms with E-state index in [2.05, 4.69) is 46.0 Å². The summed E-state index contributed by atoms with van der Waals surface area (Å²) in [7, 11) is 3.60. The maximum Gasteiger partial charge on any atom is 0.112 e. The zero-order chi connectivity index (χ0) is 10.1. The van der Waals surface area contributed by atoms with Crippen LogP contribution in [0.4, 0.5) is 0 Å². The van der Waals surface area contributed by atoms with Crippen molar-refractivity contribution < 1.29 is 4.48 Å². The third-order valence-corrected chi connectivity index (χ3v) is 4.49. The van der Waals surface area contributed by atoms with Gasteiger partial charge in [0.25, 0.3) is 0 Å². The summed E-state index contributed by atoms with van der Waals surface area (Å²) in [4.78, 5) is 0. The van der Waals surface area contributed by atoms with Gasteiger partial charge in [-0.1, -0.05) is 12.2 Å². The molecule has 74 valence electrons. The summed E-state index contributed by atoms with van der Waals surface area (Å²) in [6.07, 6.45) is 7.89. The molecule has 0 N–H and O–H groups in total. The molecule has 13 heavy (non-hydrogen) atoms. The Hall–Kier alpha value is -0.343. The predicted octanol–water partition coefficient (Wildman–Crippen LogP) is 1.40. The van der Waals surface area contributed by atoms with Crippen LogP contribution in [0, 0.1) is 0 Å². The summed E-state index contributed by atoms with van der Waals surface area (Å²) in [5.41, 5.74) is 1.57. The van der Waals surface area contributed by atoms with Crippen molar-refractivity contribution in [1.82, 2.24) is 0 Å². The van der Waals surface area contributed by atoms with E-state index in [0.29, 0.717) is 5.16 Å². The smallest absolute Gasteiger partial charge is 0.112 e. The van der Waals surface area contributed by atoms with Crippen LogP contribution in [0.25, 0.3) is 0 Å². The molecule has 1 nitrogen and oxygen atoms in total. The molecule has 1 rings (SSSR count). The van der Waals surface area contributed by atoms with Crippen molar-refractivity contribution in [2.75, 3.05) is 13.6 Å². The number of nitrogens with zero attached hydrogens (tertiary/aromatic N) is 1. The molecule has 0 bridgehead atoms. The van der Waals surface area contributed by atoms with Crippen LogP contribution in [0.1, 0.15) is 27.2 Å². The summed E-state index contributed by atoms with van der Waals surface area (Å²) in [6.45, 7) is 8.24. The Labute approximate surface area is 85.1 Å². The fraction of sp³-hybridized carbons (Fsp3) is 0.636. The molecule has 0 heterocycles. The predicted molar refractivity (Wildman–Crippen MR) is 62.6 cm³/mol. The topological polar surface area (TPSA) is 0 Å². The largest absolute Gasteiger partial charge is 0.297 e. The number of allylic oxidation sites excluding steroid dienone is 3. The Morgan fingerprint density at radius 1 is 1.54 bits per heavy atom. The molecule has 0 aliphatic heterocycles. The molecule has 0 saturated carbocycles. The Balaban J connectivity index is 2.94. The lowest BCUT2D eigenvalue weighted by Crippen LogP contribution is -2.58. The number of quaternary nitrogens is 1. The van der Waals surface area contributed by atoms with Gasteiger partial charge in [0.15, 0.2) is 0 Å². The zero-order valence-corrected chi connectivity index (χ0v) is 11.6. The normalized spacial score (nSPS) is 21.7. The van der Waals surface area contributed by atoms with E-state index in [4.69, 9.17) is 0 Å². The van der Waals surface area contributed by atoms with Crippen molar-refractivity contribution >= 4 is 10.2 Å². The summed E-state index contributed by atoms with van der Waals surface area (Å²) in [5, 5.41) is 0.437. The van der Waals surface area contributed by atoms with Crippen molar-refractivity contribution in [2.24, 2.45) is 0 Å². The first kappa shape index (κ1) is 10.7. The van der Waals surface area contributed by atoms with Gasteiger partial charge in [0.05, 0.1) is 29.0 Å². The average molecular weight is 196 g/mol. The molecule has 0 amide bonds. The van der Waals surface area contributed by atoms with Gasteiger partial charge in [-0.15, -0.1) is 0 Å². The van der Waals surface area contributed by atoms with E-state index >= 15 is 0 Å². The second-order valence-electron chi connectivity index (χ2n) is 4.97. The fourth-order valence-corrected chi connectivity index (χ4v) is 2.51. The zero-order valence-electron chi connectivity index (χ0n) is 9.59. The molecular weight excluding hydrogens is 174 g/mol. The van der Waals surface area contributed by atoms with Crippen LogP contribution in [0.2, 0.25) is 0 Å². The van der Waals surface area contributed by atoms with Crippen molar-refractivity contribution in [2.45, 2.75) is 32.4 Å². The molecule has 2 heteroatoms. The van der Waals surface area contributed by atoms with Crippen LogP contribution in [0.3, 0.4) is 0 Å². The van der Waals surface area contributed by atoms with Gasteiger partial charge in [-0.3, -0.25) is 4.48 Å². The Morgan fingerprint density at radius 2 is 2.15 bits per heavy atom. The average Bonchev–Trinajstić information content (AvgIpc) is 2.52. The summed E-state index contributed by atoms with van der Waals surface area (Å²) < 4.78 is 1.12. The van der Waals surface area contributed by atoms with E-state index < -0.39 is 0 Å². The lowest BCUT2D eigenvalue weighted by Gasteiger charge is -2.46. The molecule has 1 aliphatic rings. The second kappa shape index (κ2) is 3.43. The van der Waals surface area contributed by atoms with E-state index in [1.54, 1.807) is 5.70 Å². The molecule has 1 aliphatic carbocycles. The number of hydrogen-bond acceptors (Lipinski definition) is 0. The standard InChI is InChI=1S/C11H22NSi/c1-5-12(4,11(2,3)13)10-8-6-7-9-10/h6-8H,5,9H2,1-4,13H3/q+1. The summed E-state index contributed by atoms with van der Waals surface area (Å²) in [6, 6.07) is 0. The molecular formula is C11H22NSi+. The minimum Gasteiger partial charge on any atom is -0.297 e. The van der Waals surface area contributed by atoms with Gasteiger partial charge in [-0.05, 0) is 26.8 Å². The molecule has 0 fully saturated rings. The van der Waals surface area contributed by atoms with Gasteiger partial charge in [-0.25, -0.2) is 0 Å². The SMILES string of the molecule is CC[N+](C)(C1=CC=CC1)C(C)(C)[SiH3]. The van der Waals surface area contributed by atoms with Crippen LogP contribution >= 0.6 is 0 Å². The number of hydrogen-bond donors (Lipinski definition) is 0. The lowest BCUT2D eigenvalue weighted by atomic mass is 10.1. The Kier molecular flexibility index (Phi) is 2.83. The fourth-order valence-electron chi connectivity index (χ4n) is 1.91. The molecule has 0 aromatic heterocycles. The minimum atomic E-state index is 0.437. The van der Waals surface area contributed by atoms with Crippen molar-refractivity contribution in [3.8, 4) is 0 Å².